The minimum atomic E-state index is -0.163. The molecule has 104 valence electrons. The molecule has 5 rings (SSSR count). The number of hydrogen-bond donors (Lipinski definition) is 0. The summed E-state index contributed by atoms with van der Waals surface area (Å²) < 4.78 is 13.8. The molecule has 0 radical (unpaired) electrons. The minimum Gasteiger partial charge on any atom is -0.207 e. The first kappa shape index (κ1) is 11.9. The van der Waals surface area contributed by atoms with E-state index in [9.17, 15) is 4.39 Å². The highest BCUT2D eigenvalue weighted by Gasteiger charge is 2.24. The predicted octanol–water partition coefficient (Wildman–Crippen LogP) is 5.70. The van der Waals surface area contributed by atoms with Gasteiger partial charge in [-0.1, -0.05) is 54.6 Å². The van der Waals surface area contributed by atoms with Crippen molar-refractivity contribution in [3.63, 3.8) is 0 Å². The molecule has 22 heavy (non-hydrogen) atoms. The van der Waals surface area contributed by atoms with Gasteiger partial charge in [-0.2, -0.15) is 0 Å². The van der Waals surface area contributed by atoms with Gasteiger partial charge in [0.15, 0.2) is 0 Å². The van der Waals surface area contributed by atoms with Crippen LogP contribution in [0.4, 0.5) is 4.39 Å². The lowest BCUT2D eigenvalue weighted by Crippen LogP contribution is -1.87. The molecule has 0 saturated carbocycles. The molecule has 0 aromatic heterocycles. The number of rotatable bonds is 0. The fourth-order valence-corrected chi connectivity index (χ4v) is 3.83. The zero-order valence-corrected chi connectivity index (χ0v) is 11.9. The van der Waals surface area contributed by atoms with Gasteiger partial charge < -0.3 is 0 Å². The molecular formula is C21H13F. The Kier molecular flexibility index (Phi) is 2.26. The van der Waals surface area contributed by atoms with E-state index in [-0.39, 0.29) is 5.82 Å². The third-order valence-corrected chi connectivity index (χ3v) is 4.75. The lowest BCUT2D eigenvalue weighted by molar-refractivity contribution is 0.628. The van der Waals surface area contributed by atoms with Crippen LogP contribution in [0.25, 0.3) is 32.7 Å². The first-order valence-corrected chi connectivity index (χ1v) is 7.54. The molecule has 0 bridgehead atoms. The standard InChI is InChI=1S/C21H13F/c22-14-10-9-13-11-20-17-7-2-1-5-15(17)16-6-3-4-8-18(16)21(20)19(13)12-14/h1-10,12H,11H2. The van der Waals surface area contributed by atoms with E-state index < -0.39 is 0 Å². The summed E-state index contributed by atoms with van der Waals surface area (Å²) in [7, 11) is 0. The predicted molar refractivity (Wildman–Crippen MR) is 89.7 cm³/mol. The smallest absolute Gasteiger partial charge is 0.123 e. The highest BCUT2D eigenvalue weighted by atomic mass is 19.1. The van der Waals surface area contributed by atoms with Gasteiger partial charge >= 0.3 is 0 Å². The molecule has 1 aliphatic carbocycles. The molecule has 0 saturated heterocycles. The van der Waals surface area contributed by atoms with E-state index in [1.54, 1.807) is 12.1 Å². The lowest BCUT2D eigenvalue weighted by Gasteiger charge is -2.12. The molecule has 0 fully saturated rings. The Bertz CT molecular complexity index is 1060. The van der Waals surface area contributed by atoms with Gasteiger partial charge in [0, 0.05) is 0 Å². The van der Waals surface area contributed by atoms with Gasteiger partial charge in [-0.3, -0.25) is 0 Å². The van der Waals surface area contributed by atoms with Crippen LogP contribution < -0.4 is 0 Å². The molecule has 1 aliphatic rings. The lowest BCUT2D eigenvalue weighted by atomic mass is 9.92. The third kappa shape index (κ3) is 1.46. The fourth-order valence-electron chi connectivity index (χ4n) is 3.83. The second kappa shape index (κ2) is 4.17. The first-order valence-electron chi connectivity index (χ1n) is 7.54. The van der Waals surface area contributed by atoms with Gasteiger partial charge in [0.1, 0.15) is 5.82 Å². The summed E-state index contributed by atoms with van der Waals surface area (Å²) in [5, 5.41) is 5.03. The summed E-state index contributed by atoms with van der Waals surface area (Å²) in [6.45, 7) is 0. The van der Waals surface area contributed by atoms with Crippen molar-refractivity contribution >= 4 is 21.5 Å². The largest absolute Gasteiger partial charge is 0.207 e. The Balaban J connectivity index is 2.05. The molecule has 0 heterocycles. The average Bonchev–Trinajstić information content (AvgIpc) is 2.94. The Morgan fingerprint density at radius 1 is 0.682 bits per heavy atom. The number of benzene rings is 4. The number of halogens is 1. The first-order chi connectivity index (χ1) is 10.8. The summed E-state index contributed by atoms with van der Waals surface area (Å²) in [5.74, 6) is -0.163. The maximum absolute atomic E-state index is 13.8. The van der Waals surface area contributed by atoms with E-state index in [0.717, 1.165) is 12.0 Å². The molecule has 1 heteroatoms. The van der Waals surface area contributed by atoms with Gasteiger partial charge in [0.2, 0.25) is 0 Å². The van der Waals surface area contributed by atoms with Crippen LogP contribution >= 0.6 is 0 Å². The zero-order chi connectivity index (χ0) is 14.7. The normalized spacial score (nSPS) is 12.6. The molecule has 0 nitrogen and oxygen atoms in total. The van der Waals surface area contributed by atoms with Crippen LogP contribution in [0.2, 0.25) is 0 Å². The van der Waals surface area contributed by atoms with Crippen molar-refractivity contribution in [2.45, 2.75) is 6.42 Å². The summed E-state index contributed by atoms with van der Waals surface area (Å²) in [6.07, 6.45) is 0.885. The fraction of sp³-hybridized carbons (Fsp3) is 0.0476. The quantitative estimate of drug-likeness (QED) is 0.320. The van der Waals surface area contributed by atoms with Crippen LogP contribution in [0.3, 0.4) is 0 Å². The molecule has 4 aromatic carbocycles. The van der Waals surface area contributed by atoms with Gasteiger partial charge in [0.25, 0.3) is 0 Å². The Morgan fingerprint density at radius 2 is 1.32 bits per heavy atom. The van der Waals surface area contributed by atoms with Crippen molar-refractivity contribution < 1.29 is 4.39 Å². The second-order valence-electron chi connectivity index (χ2n) is 5.92. The van der Waals surface area contributed by atoms with Crippen molar-refractivity contribution in [1.82, 2.24) is 0 Å². The van der Waals surface area contributed by atoms with Crippen LogP contribution in [0.15, 0.2) is 66.7 Å². The topological polar surface area (TPSA) is 0 Å². The van der Waals surface area contributed by atoms with Gasteiger partial charge in [-0.05, 0) is 62.4 Å². The Labute approximate surface area is 127 Å². The van der Waals surface area contributed by atoms with E-state index in [1.807, 2.05) is 6.07 Å². The van der Waals surface area contributed by atoms with Crippen molar-refractivity contribution in [2.24, 2.45) is 0 Å². The van der Waals surface area contributed by atoms with Gasteiger partial charge in [0.05, 0.1) is 0 Å². The second-order valence-corrected chi connectivity index (χ2v) is 5.92. The summed E-state index contributed by atoms with van der Waals surface area (Å²) in [5.41, 5.74) is 4.81. The van der Waals surface area contributed by atoms with E-state index in [4.69, 9.17) is 0 Å². The molecule has 0 atom stereocenters. The third-order valence-electron chi connectivity index (χ3n) is 4.75. The molecule has 0 N–H and O–H groups in total. The van der Waals surface area contributed by atoms with Crippen molar-refractivity contribution in [1.29, 1.82) is 0 Å². The molecule has 4 aromatic rings. The monoisotopic (exact) mass is 284 g/mol. The van der Waals surface area contributed by atoms with Crippen LogP contribution in [0.1, 0.15) is 11.1 Å². The molecule has 0 amide bonds. The van der Waals surface area contributed by atoms with Crippen LogP contribution in [0, 0.1) is 5.82 Å². The van der Waals surface area contributed by atoms with Crippen LogP contribution in [-0.4, -0.2) is 0 Å². The van der Waals surface area contributed by atoms with E-state index in [1.165, 1.54) is 38.2 Å². The Hall–Kier alpha value is -2.67. The SMILES string of the molecule is Fc1ccc2c(c1)-c1c(c3ccccc3c3ccccc13)C2. The molecular weight excluding hydrogens is 271 g/mol. The number of fused-ring (bicyclic) bond motifs is 8. The molecule has 0 spiro atoms. The van der Waals surface area contributed by atoms with Crippen molar-refractivity contribution in [2.75, 3.05) is 0 Å². The summed E-state index contributed by atoms with van der Waals surface area (Å²) >= 11 is 0. The average molecular weight is 284 g/mol. The minimum absolute atomic E-state index is 0.163. The highest BCUT2D eigenvalue weighted by molar-refractivity contribution is 6.17. The van der Waals surface area contributed by atoms with E-state index in [0.29, 0.717) is 0 Å². The number of hydrogen-bond acceptors (Lipinski definition) is 0. The van der Waals surface area contributed by atoms with Gasteiger partial charge in [-0.15, -0.1) is 0 Å². The van der Waals surface area contributed by atoms with Gasteiger partial charge in [-0.25, -0.2) is 4.39 Å². The van der Waals surface area contributed by atoms with Crippen LogP contribution in [-0.2, 0) is 6.42 Å². The molecule has 0 aliphatic heterocycles. The zero-order valence-electron chi connectivity index (χ0n) is 11.9. The Morgan fingerprint density at radius 3 is 2.09 bits per heavy atom. The van der Waals surface area contributed by atoms with E-state index in [2.05, 4.69) is 48.5 Å². The van der Waals surface area contributed by atoms with Crippen molar-refractivity contribution in [3.8, 4) is 11.1 Å². The molecule has 0 unspecified atom stereocenters. The highest BCUT2D eigenvalue weighted by Crippen LogP contribution is 2.45. The van der Waals surface area contributed by atoms with E-state index >= 15 is 0 Å². The van der Waals surface area contributed by atoms with Crippen LogP contribution in [0.5, 0.6) is 0 Å². The summed E-state index contributed by atoms with van der Waals surface area (Å²) in [4.78, 5) is 0. The summed E-state index contributed by atoms with van der Waals surface area (Å²) in [6, 6.07) is 22.2. The maximum Gasteiger partial charge on any atom is 0.123 e. The van der Waals surface area contributed by atoms with Crippen molar-refractivity contribution in [3.05, 3.63) is 83.7 Å². The maximum atomic E-state index is 13.8.